The average Bonchev–Trinajstić information content (AvgIpc) is 2.91. The van der Waals surface area contributed by atoms with Gasteiger partial charge in [0.1, 0.15) is 0 Å². The van der Waals surface area contributed by atoms with Crippen molar-refractivity contribution in [3.63, 3.8) is 0 Å². The molecule has 35 heavy (non-hydrogen) atoms. The summed E-state index contributed by atoms with van der Waals surface area (Å²) >= 11 is 0. The van der Waals surface area contributed by atoms with Gasteiger partial charge < -0.3 is 4.90 Å². The summed E-state index contributed by atoms with van der Waals surface area (Å²) < 4.78 is 0. The summed E-state index contributed by atoms with van der Waals surface area (Å²) in [6.45, 7) is 4.24. The third-order valence-electron chi connectivity index (χ3n) is 6.10. The molecule has 0 aliphatic carbocycles. The highest BCUT2D eigenvalue weighted by Gasteiger charge is 2.12. The van der Waals surface area contributed by atoms with Crippen LogP contribution < -0.4 is 4.90 Å². The van der Waals surface area contributed by atoms with Gasteiger partial charge in [-0.2, -0.15) is 0 Å². The standard InChI is InChI=1S/C34H27N/c1-26-13-19-31(20-14-26)35(32-21-15-27(2)16-22-32)33-23-17-28(18-24-33)25-34(29-9-5-3-6-10-29)30-11-7-4-8-12-30/h3,5-7,9-25H,1-2H3/b34-25+. The van der Waals surface area contributed by atoms with Gasteiger partial charge in [-0.05, 0) is 96.8 Å². The predicted octanol–water partition coefficient (Wildman–Crippen LogP) is 8.96. The molecule has 5 rings (SSSR count). The van der Waals surface area contributed by atoms with Gasteiger partial charge in [-0.25, -0.2) is 0 Å². The molecule has 0 bridgehead atoms. The van der Waals surface area contributed by atoms with Crippen molar-refractivity contribution in [2.75, 3.05) is 4.90 Å². The van der Waals surface area contributed by atoms with Gasteiger partial charge in [-0.3, -0.25) is 0 Å². The van der Waals surface area contributed by atoms with Crippen molar-refractivity contribution in [3.8, 4) is 0 Å². The van der Waals surface area contributed by atoms with Crippen molar-refractivity contribution in [3.05, 3.63) is 161 Å². The molecule has 0 heterocycles. The normalized spacial score (nSPS) is 11.1. The summed E-state index contributed by atoms with van der Waals surface area (Å²) in [5, 5.41) is 0. The molecule has 0 saturated carbocycles. The molecule has 0 amide bonds. The van der Waals surface area contributed by atoms with E-state index in [1.54, 1.807) is 0 Å². The van der Waals surface area contributed by atoms with E-state index in [9.17, 15) is 0 Å². The van der Waals surface area contributed by atoms with Gasteiger partial charge in [-0.15, -0.1) is 0 Å². The quantitative estimate of drug-likeness (QED) is 0.234. The number of nitrogens with zero attached hydrogens (tertiary/aromatic N) is 1. The summed E-state index contributed by atoms with van der Waals surface area (Å²) in [5.74, 6) is 0. The first-order chi connectivity index (χ1) is 17.2. The highest BCUT2D eigenvalue weighted by Crippen LogP contribution is 2.35. The smallest absolute Gasteiger partial charge is 0.0462 e. The molecule has 0 unspecified atom stereocenters. The zero-order valence-corrected chi connectivity index (χ0v) is 20.1. The zero-order chi connectivity index (χ0) is 24.0. The van der Waals surface area contributed by atoms with Gasteiger partial charge >= 0.3 is 0 Å². The number of benzene rings is 4. The molecule has 0 saturated heterocycles. The Balaban J connectivity index is 1.55. The molecule has 168 valence electrons. The van der Waals surface area contributed by atoms with E-state index < -0.39 is 0 Å². The van der Waals surface area contributed by atoms with Crippen molar-refractivity contribution >= 4 is 28.7 Å². The van der Waals surface area contributed by atoms with Crippen LogP contribution in [0.5, 0.6) is 0 Å². The third-order valence-corrected chi connectivity index (χ3v) is 6.10. The molecular formula is C34H27N. The minimum atomic E-state index is 1.12. The van der Waals surface area contributed by atoms with Crippen molar-refractivity contribution in [2.45, 2.75) is 13.8 Å². The van der Waals surface area contributed by atoms with E-state index in [1.807, 2.05) is 18.2 Å². The summed E-state index contributed by atoms with van der Waals surface area (Å²) in [6.07, 6.45) is 2.24. The van der Waals surface area contributed by atoms with E-state index in [2.05, 4.69) is 140 Å². The van der Waals surface area contributed by atoms with Crippen LogP contribution in [-0.2, 0) is 0 Å². The molecule has 1 heteroatoms. The van der Waals surface area contributed by atoms with Gasteiger partial charge in [0.15, 0.2) is 0 Å². The number of hydrogen-bond acceptors (Lipinski definition) is 1. The van der Waals surface area contributed by atoms with Gasteiger partial charge in [0, 0.05) is 17.1 Å². The monoisotopic (exact) mass is 449 g/mol. The van der Waals surface area contributed by atoms with Gasteiger partial charge in [0.05, 0.1) is 0 Å². The Bertz CT molecular complexity index is 1310. The van der Waals surface area contributed by atoms with Crippen LogP contribution in [0, 0.1) is 26.0 Å². The molecule has 1 nitrogen and oxygen atoms in total. The molecule has 0 atom stereocenters. The predicted molar refractivity (Wildman–Crippen MR) is 148 cm³/mol. The van der Waals surface area contributed by atoms with Gasteiger partial charge in [0.25, 0.3) is 0 Å². The fraction of sp³-hybridized carbons (Fsp3) is 0.0588. The largest absolute Gasteiger partial charge is 0.311 e. The van der Waals surface area contributed by atoms with Crippen LogP contribution >= 0.6 is 0 Å². The van der Waals surface area contributed by atoms with Gasteiger partial charge in [-0.1, -0.05) is 90.0 Å². The molecule has 0 N–H and O–H groups in total. The highest BCUT2D eigenvalue weighted by atomic mass is 15.1. The van der Waals surface area contributed by atoms with Crippen LogP contribution in [-0.4, -0.2) is 0 Å². The van der Waals surface area contributed by atoms with E-state index in [0.29, 0.717) is 0 Å². The van der Waals surface area contributed by atoms with E-state index in [4.69, 9.17) is 0 Å². The lowest BCUT2D eigenvalue weighted by Crippen LogP contribution is -2.09. The molecule has 0 aliphatic rings. The maximum absolute atomic E-state index is 3.09. The lowest BCUT2D eigenvalue weighted by atomic mass is 9.96. The topological polar surface area (TPSA) is 3.24 Å². The molecular weight excluding hydrogens is 422 g/mol. The highest BCUT2D eigenvalue weighted by molar-refractivity contribution is 5.91. The van der Waals surface area contributed by atoms with Crippen LogP contribution in [0.2, 0.25) is 0 Å². The van der Waals surface area contributed by atoms with Crippen LogP contribution in [0.4, 0.5) is 17.1 Å². The first-order valence-electron chi connectivity index (χ1n) is 11.9. The zero-order valence-electron chi connectivity index (χ0n) is 20.1. The van der Waals surface area contributed by atoms with E-state index in [1.165, 1.54) is 16.7 Å². The fourth-order valence-electron chi connectivity index (χ4n) is 4.19. The van der Waals surface area contributed by atoms with Crippen LogP contribution in [0.25, 0.3) is 11.6 Å². The molecule has 0 aliphatic heterocycles. The van der Waals surface area contributed by atoms with Crippen molar-refractivity contribution in [1.82, 2.24) is 0 Å². The Morgan fingerprint density at radius 2 is 1.11 bits per heavy atom. The number of rotatable bonds is 6. The second-order valence-electron chi connectivity index (χ2n) is 8.74. The molecule has 5 aromatic rings. The first-order valence-corrected chi connectivity index (χ1v) is 11.9. The minimum Gasteiger partial charge on any atom is -0.311 e. The summed E-state index contributed by atoms with van der Waals surface area (Å²) in [4.78, 5) is 2.30. The molecule has 0 spiro atoms. The molecule has 5 aromatic carbocycles. The molecule has 0 aromatic heterocycles. The Kier molecular flexibility index (Phi) is 6.46. The fourth-order valence-corrected chi connectivity index (χ4v) is 4.19. The Morgan fingerprint density at radius 3 is 1.63 bits per heavy atom. The van der Waals surface area contributed by atoms with Gasteiger partial charge in [0.2, 0.25) is 0 Å². The maximum Gasteiger partial charge on any atom is 0.0462 e. The lowest BCUT2D eigenvalue weighted by Gasteiger charge is -2.26. The third kappa shape index (κ3) is 5.18. The van der Waals surface area contributed by atoms with Crippen LogP contribution in [0.15, 0.2) is 121 Å². The first kappa shape index (κ1) is 22.3. The summed E-state index contributed by atoms with van der Waals surface area (Å²) in [7, 11) is 0. The molecule has 0 fully saturated rings. The number of hydrogen-bond donors (Lipinski definition) is 0. The average molecular weight is 450 g/mol. The second-order valence-corrected chi connectivity index (χ2v) is 8.74. The van der Waals surface area contributed by atoms with E-state index >= 15 is 0 Å². The van der Waals surface area contributed by atoms with Crippen molar-refractivity contribution in [1.29, 1.82) is 0 Å². The SMILES string of the molecule is Cc1ccc(N(c2ccc(C)cc2)c2ccc(/C=C(/c3cc#ccc3)c3ccccc3)cc2)cc1. The Morgan fingerprint density at radius 1 is 0.571 bits per heavy atom. The second kappa shape index (κ2) is 10.2. The van der Waals surface area contributed by atoms with Crippen LogP contribution in [0.3, 0.4) is 0 Å². The number of anilines is 3. The van der Waals surface area contributed by atoms with Crippen molar-refractivity contribution < 1.29 is 0 Å². The lowest BCUT2D eigenvalue weighted by molar-refractivity contribution is 1.27. The van der Waals surface area contributed by atoms with E-state index in [0.717, 1.165) is 33.8 Å². The van der Waals surface area contributed by atoms with Crippen LogP contribution in [0.1, 0.15) is 27.8 Å². The Labute approximate surface area is 208 Å². The Hall–Kier alpha value is -4.54. The maximum atomic E-state index is 3.09. The summed E-state index contributed by atoms with van der Waals surface area (Å²) in [6, 6.07) is 48.7. The molecule has 0 radical (unpaired) electrons. The minimum absolute atomic E-state index is 1.12. The van der Waals surface area contributed by atoms with Crippen molar-refractivity contribution in [2.24, 2.45) is 0 Å². The van der Waals surface area contributed by atoms with E-state index in [-0.39, 0.29) is 0 Å². The summed E-state index contributed by atoms with van der Waals surface area (Å²) in [5.41, 5.74) is 10.5. The number of aryl methyl sites for hydroxylation is 2.